The highest BCUT2D eigenvalue weighted by molar-refractivity contribution is 5.51. The Morgan fingerprint density at radius 2 is 2.05 bits per heavy atom. The summed E-state index contributed by atoms with van der Waals surface area (Å²) in [5, 5.41) is 0. The highest BCUT2D eigenvalue weighted by Crippen LogP contribution is 2.20. The van der Waals surface area contributed by atoms with Crippen molar-refractivity contribution in [1.29, 1.82) is 0 Å². The van der Waals surface area contributed by atoms with Gasteiger partial charge >= 0.3 is 0 Å². The summed E-state index contributed by atoms with van der Waals surface area (Å²) in [4.78, 5) is 2.40. The predicted octanol–water partition coefficient (Wildman–Crippen LogP) is 2.40. The maximum Gasteiger partial charge on any atom is 0.142 e. The van der Waals surface area contributed by atoms with E-state index in [1.54, 1.807) is 0 Å². The number of nitrogen functional groups attached to an aromatic ring is 1. The third-order valence-corrected chi connectivity index (χ3v) is 3.77. The van der Waals surface area contributed by atoms with Gasteiger partial charge in [-0.15, -0.1) is 0 Å². The van der Waals surface area contributed by atoms with Gasteiger partial charge in [0.25, 0.3) is 0 Å². The molecule has 4 nitrogen and oxygen atoms in total. The Morgan fingerprint density at radius 3 is 2.80 bits per heavy atom. The van der Waals surface area contributed by atoms with E-state index in [1.165, 1.54) is 12.8 Å². The van der Waals surface area contributed by atoms with Crippen LogP contribution in [0.2, 0.25) is 0 Å². The van der Waals surface area contributed by atoms with Gasteiger partial charge in [0.15, 0.2) is 0 Å². The fourth-order valence-corrected chi connectivity index (χ4v) is 2.59. The van der Waals surface area contributed by atoms with Crippen LogP contribution in [0.1, 0.15) is 19.3 Å². The van der Waals surface area contributed by atoms with Crippen molar-refractivity contribution in [3.05, 3.63) is 24.3 Å². The Kier molecular flexibility index (Phi) is 6.15. The van der Waals surface area contributed by atoms with Crippen LogP contribution in [0.4, 0.5) is 5.69 Å². The summed E-state index contributed by atoms with van der Waals surface area (Å²) >= 11 is 0. The largest absolute Gasteiger partial charge is 0.491 e. The van der Waals surface area contributed by atoms with Crippen molar-refractivity contribution in [3.63, 3.8) is 0 Å². The molecule has 1 aromatic rings. The number of benzene rings is 1. The molecule has 0 atom stereocenters. The molecule has 112 valence electrons. The molecule has 0 aromatic heterocycles. The lowest BCUT2D eigenvalue weighted by Crippen LogP contribution is -2.30. The minimum atomic E-state index is 0.711. The van der Waals surface area contributed by atoms with Crippen LogP contribution in [0.3, 0.4) is 0 Å². The summed E-state index contributed by atoms with van der Waals surface area (Å²) in [7, 11) is 2.19. The van der Waals surface area contributed by atoms with Crippen LogP contribution < -0.4 is 10.5 Å². The molecule has 0 bridgehead atoms. The molecule has 1 aromatic carbocycles. The van der Waals surface area contributed by atoms with Gasteiger partial charge < -0.3 is 20.1 Å². The lowest BCUT2D eigenvalue weighted by Gasteiger charge is -2.27. The van der Waals surface area contributed by atoms with Crippen LogP contribution in [-0.2, 0) is 4.74 Å². The van der Waals surface area contributed by atoms with Crippen LogP contribution >= 0.6 is 0 Å². The summed E-state index contributed by atoms with van der Waals surface area (Å²) < 4.78 is 11.1. The van der Waals surface area contributed by atoms with Crippen LogP contribution in [0.15, 0.2) is 24.3 Å². The molecule has 0 aliphatic carbocycles. The zero-order valence-electron chi connectivity index (χ0n) is 12.4. The number of hydrogen-bond donors (Lipinski definition) is 1. The monoisotopic (exact) mass is 278 g/mol. The number of ether oxygens (including phenoxy) is 2. The molecule has 0 amide bonds. The van der Waals surface area contributed by atoms with Crippen LogP contribution in [0, 0.1) is 5.92 Å². The van der Waals surface area contributed by atoms with Gasteiger partial charge in [0.2, 0.25) is 0 Å². The highest BCUT2D eigenvalue weighted by Gasteiger charge is 2.15. The zero-order chi connectivity index (χ0) is 14.2. The van der Waals surface area contributed by atoms with Crippen molar-refractivity contribution in [1.82, 2.24) is 4.90 Å². The van der Waals surface area contributed by atoms with Gasteiger partial charge in [-0.2, -0.15) is 0 Å². The number of nitrogens with zero attached hydrogens (tertiary/aromatic N) is 1. The number of anilines is 1. The van der Waals surface area contributed by atoms with E-state index < -0.39 is 0 Å². The first kappa shape index (κ1) is 15.1. The molecule has 20 heavy (non-hydrogen) atoms. The second kappa shape index (κ2) is 8.12. The summed E-state index contributed by atoms with van der Waals surface area (Å²) in [5.41, 5.74) is 6.55. The van der Waals surface area contributed by atoms with Crippen molar-refractivity contribution < 1.29 is 9.47 Å². The maximum absolute atomic E-state index is 5.84. The Hall–Kier alpha value is -1.26. The summed E-state index contributed by atoms with van der Waals surface area (Å²) in [6, 6.07) is 7.65. The summed E-state index contributed by atoms with van der Waals surface area (Å²) in [6.07, 6.45) is 3.41. The summed E-state index contributed by atoms with van der Waals surface area (Å²) in [6.45, 7) is 4.79. The average molecular weight is 278 g/mol. The second-order valence-electron chi connectivity index (χ2n) is 5.56. The van der Waals surface area contributed by atoms with Crippen molar-refractivity contribution in [2.75, 3.05) is 45.7 Å². The molecule has 1 aliphatic rings. The van der Waals surface area contributed by atoms with Gasteiger partial charge in [-0.25, -0.2) is 0 Å². The molecule has 0 unspecified atom stereocenters. The van der Waals surface area contributed by atoms with E-state index in [2.05, 4.69) is 11.9 Å². The van der Waals surface area contributed by atoms with E-state index in [-0.39, 0.29) is 0 Å². The Labute approximate surface area is 121 Å². The topological polar surface area (TPSA) is 47.7 Å². The predicted molar refractivity (Wildman–Crippen MR) is 82.0 cm³/mol. The average Bonchev–Trinajstić information content (AvgIpc) is 2.46. The summed E-state index contributed by atoms with van der Waals surface area (Å²) in [5.74, 6) is 1.58. The Morgan fingerprint density at radius 1 is 1.30 bits per heavy atom. The van der Waals surface area contributed by atoms with Crippen molar-refractivity contribution in [2.45, 2.75) is 19.3 Å². The van der Waals surface area contributed by atoms with E-state index in [0.717, 1.165) is 44.4 Å². The number of para-hydroxylation sites is 2. The molecule has 2 rings (SSSR count). The molecule has 0 saturated carbocycles. The zero-order valence-corrected chi connectivity index (χ0v) is 12.4. The molecule has 1 saturated heterocycles. The SMILES string of the molecule is CN(CCCOc1ccccc1N)CC1CCOCC1. The highest BCUT2D eigenvalue weighted by atomic mass is 16.5. The molecule has 2 N–H and O–H groups in total. The van der Waals surface area contributed by atoms with Gasteiger partial charge in [0, 0.05) is 26.3 Å². The molecule has 1 fully saturated rings. The van der Waals surface area contributed by atoms with Gasteiger partial charge in [-0.05, 0) is 44.4 Å². The molecule has 4 heteroatoms. The molecular weight excluding hydrogens is 252 g/mol. The van der Waals surface area contributed by atoms with Crippen LogP contribution in [-0.4, -0.2) is 44.9 Å². The van der Waals surface area contributed by atoms with Crippen molar-refractivity contribution >= 4 is 5.69 Å². The lowest BCUT2D eigenvalue weighted by molar-refractivity contribution is 0.0552. The second-order valence-corrected chi connectivity index (χ2v) is 5.56. The Bertz CT molecular complexity index is 392. The van der Waals surface area contributed by atoms with E-state index in [9.17, 15) is 0 Å². The van der Waals surface area contributed by atoms with Crippen LogP contribution in [0.25, 0.3) is 0 Å². The van der Waals surface area contributed by atoms with E-state index in [0.29, 0.717) is 12.3 Å². The first-order valence-electron chi connectivity index (χ1n) is 7.49. The van der Waals surface area contributed by atoms with Crippen molar-refractivity contribution in [2.24, 2.45) is 5.92 Å². The maximum atomic E-state index is 5.84. The number of rotatable bonds is 7. The van der Waals surface area contributed by atoms with Gasteiger partial charge in [-0.1, -0.05) is 12.1 Å². The van der Waals surface area contributed by atoms with Crippen LogP contribution in [0.5, 0.6) is 5.75 Å². The third-order valence-electron chi connectivity index (χ3n) is 3.77. The third kappa shape index (κ3) is 5.02. The van der Waals surface area contributed by atoms with Crippen molar-refractivity contribution in [3.8, 4) is 5.75 Å². The molecule has 0 radical (unpaired) electrons. The number of hydrogen-bond acceptors (Lipinski definition) is 4. The molecule has 0 spiro atoms. The van der Waals surface area contributed by atoms with E-state index in [1.807, 2.05) is 24.3 Å². The standard InChI is InChI=1S/C16H26N2O2/c1-18(13-14-7-11-19-12-8-14)9-4-10-20-16-6-3-2-5-15(16)17/h2-3,5-6,14H,4,7-13,17H2,1H3. The van der Waals surface area contributed by atoms with E-state index >= 15 is 0 Å². The quantitative estimate of drug-likeness (QED) is 0.614. The molecular formula is C16H26N2O2. The fourth-order valence-electron chi connectivity index (χ4n) is 2.59. The molecule has 1 heterocycles. The lowest BCUT2D eigenvalue weighted by atomic mass is 10.00. The normalized spacial score (nSPS) is 16.5. The number of nitrogens with two attached hydrogens (primary N) is 1. The smallest absolute Gasteiger partial charge is 0.142 e. The Balaban J connectivity index is 1.59. The molecule has 1 aliphatic heterocycles. The fraction of sp³-hybridized carbons (Fsp3) is 0.625. The van der Waals surface area contributed by atoms with Gasteiger partial charge in [0.1, 0.15) is 5.75 Å². The first-order valence-corrected chi connectivity index (χ1v) is 7.49. The van der Waals surface area contributed by atoms with Gasteiger partial charge in [0.05, 0.1) is 12.3 Å². The van der Waals surface area contributed by atoms with Gasteiger partial charge in [-0.3, -0.25) is 0 Å². The minimum absolute atomic E-state index is 0.711. The van der Waals surface area contributed by atoms with E-state index in [4.69, 9.17) is 15.2 Å². The minimum Gasteiger partial charge on any atom is -0.491 e. The first-order chi connectivity index (χ1) is 9.75.